The number of hydrazine groups is 2. The van der Waals surface area contributed by atoms with Gasteiger partial charge in [0.15, 0.2) is 0 Å². The van der Waals surface area contributed by atoms with Crippen molar-refractivity contribution in [3.05, 3.63) is 29.8 Å². The molecular weight excluding hydrogens is 498 g/mol. The molecule has 1 saturated carbocycles. The van der Waals surface area contributed by atoms with Crippen LogP contribution in [0.25, 0.3) is 0 Å². The van der Waals surface area contributed by atoms with Crippen LogP contribution in [0.4, 0.5) is 0 Å². The Morgan fingerprint density at radius 2 is 1.77 bits per heavy atom. The van der Waals surface area contributed by atoms with E-state index in [1.807, 2.05) is 24.3 Å². The summed E-state index contributed by atoms with van der Waals surface area (Å²) in [5.41, 5.74) is 6.88. The number of nitrogens with zero attached hydrogens (tertiary/aromatic N) is 2. The van der Waals surface area contributed by atoms with Gasteiger partial charge < -0.3 is 25.2 Å². The zero-order chi connectivity index (χ0) is 28.2. The molecule has 1 unspecified atom stereocenters. The fourth-order valence-electron chi connectivity index (χ4n) is 6.55. The Balaban J connectivity index is 1.64. The maximum absolute atomic E-state index is 14.4. The molecule has 1 aliphatic carbocycles. The maximum Gasteiger partial charge on any atom is 0.242 e. The van der Waals surface area contributed by atoms with Gasteiger partial charge in [0.1, 0.15) is 24.4 Å². The van der Waals surface area contributed by atoms with E-state index in [0.717, 1.165) is 49.8 Å². The number of likely N-dealkylation sites (tertiary alicyclic amines) is 1. The molecule has 1 spiro atoms. The highest BCUT2D eigenvalue weighted by Crippen LogP contribution is 2.42. The van der Waals surface area contributed by atoms with E-state index >= 15 is 0 Å². The number of hydrogen-bond acceptors (Lipinski definition) is 8. The monoisotopic (exact) mass is 545 g/mol. The van der Waals surface area contributed by atoms with E-state index in [2.05, 4.69) is 42.1 Å². The number of amides is 2. The SMILES string of the molecule is CNC(=O)[C@@H]1C[C@@H](O)CN1C(=O)[C@@H](N1NNC(COc2ccc(CO)cc2)C12CCCCCCC2)C(C)(C)C. The first-order valence-electron chi connectivity index (χ1n) is 14.4. The molecule has 2 heterocycles. The number of aliphatic hydroxyl groups excluding tert-OH is 2. The van der Waals surface area contributed by atoms with Crippen molar-refractivity contribution in [2.45, 2.75) is 109 Å². The smallest absolute Gasteiger partial charge is 0.242 e. The lowest BCUT2D eigenvalue weighted by atomic mass is 9.75. The summed E-state index contributed by atoms with van der Waals surface area (Å²) in [5.74, 6) is 0.333. The van der Waals surface area contributed by atoms with E-state index in [-0.39, 0.29) is 43.0 Å². The molecule has 2 aliphatic heterocycles. The number of ether oxygens (including phenoxy) is 1. The number of rotatable bonds is 7. The van der Waals surface area contributed by atoms with Crippen molar-refractivity contribution in [3.8, 4) is 5.75 Å². The van der Waals surface area contributed by atoms with Crippen molar-refractivity contribution in [1.82, 2.24) is 26.2 Å². The van der Waals surface area contributed by atoms with Crippen LogP contribution in [-0.4, -0.2) is 81.9 Å². The van der Waals surface area contributed by atoms with E-state index in [1.54, 1.807) is 11.9 Å². The summed E-state index contributed by atoms with van der Waals surface area (Å²) < 4.78 is 6.25. The van der Waals surface area contributed by atoms with Crippen LogP contribution >= 0.6 is 0 Å². The summed E-state index contributed by atoms with van der Waals surface area (Å²) in [5, 5.41) is 24.6. The van der Waals surface area contributed by atoms with Crippen LogP contribution in [0.15, 0.2) is 24.3 Å². The molecule has 2 amide bonds. The standard InChI is InChI=1S/C29H47N5O5/c1-28(2,3)25(27(38)33-17-21(36)16-23(33)26(37)30-4)34-29(14-8-6-5-7-9-15-29)24(31-32-34)19-39-22-12-10-20(18-35)11-13-22/h10-13,21,23-25,31-32,35-36H,5-9,14-19H2,1-4H3,(H,30,37)/t21-,23+,24?,25-/m1/s1. The Bertz CT molecular complexity index is 973. The molecule has 2 saturated heterocycles. The lowest BCUT2D eigenvalue weighted by Crippen LogP contribution is -2.66. The molecule has 10 heteroatoms. The molecule has 3 fully saturated rings. The summed E-state index contributed by atoms with van der Waals surface area (Å²) in [7, 11) is 1.56. The molecule has 0 bridgehead atoms. The molecule has 4 atom stereocenters. The van der Waals surface area contributed by atoms with Crippen LogP contribution in [0.3, 0.4) is 0 Å². The molecule has 0 aromatic heterocycles. The molecule has 1 aromatic rings. The lowest BCUT2D eigenvalue weighted by molar-refractivity contribution is -0.152. The summed E-state index contributed by atoms with van der Waals surface area (Å²) in [6, 6.07) is 6.11. The third-order valence-electron chi connectivity index (χ3n) is 8.65. The molecular formula is C29H47N5O5. The molecule has 10 nitrogen and oxygen atoms in total. The van der Waals surface area contributed by atoms with Gasteiger partial charge in [-0.05, 0) is 36.0 Å². The second-order valence-corrected chi connectivity index (χ2v) is 12.4. The third kappa shape index (κ3) is 6.41. The van der Waals surface area contributed by atoms with Crippen molar-refractivity contribution in [2.75, 3.05) is 20.2 Å². The lowest BCUT2D eigenvalue weighted by Gasteiger charge is -2.49. The minimum Gasteiger partial charge on any atom is -0.492 e. The van der Waals surface area contributed by atoms with Gasteiger partial charge in [0.2, 0.25) is 11.8 Å². The number of benzene rings is 1. The summed E-state index contributed by atoms with van der Waals surface area (Å²) in [6.45, 7) is 6.72. The second-order valence-electron chi connectivity index (χ2n) is 12.4. The normalized spacial score (nSPS) is 26.7. The minimum absolute atomic E-state index is 0.0104. The number of carbonyl (C=O) groups excluding carboxylic acids is 2. The molecule has 3 aliphatic rings. The van der Waals surface area contributed by atoms with E-state index in [9.17, 15) is 19.8 Å². The van der Waals surface area contributed by atoms with Gasteiger partial charge in [-0.2, -0.15) is 5.53 Å². The quantitative estimate of drug-likeness (QED) is 0.352. The Morgan fingerprint density at radius 1 is 1.13 bits per heavy atom. The highest BCUT2D eigenvalue weighted by Gasteiger charge is 2.56. The summed E-state index contributed by atoms with van der Waals surface area (Å²) in [4.78, 5) is 28.6. The van der Waals surface area contributed by atoms with Crippen LogP contribution in [-0.2, 0) is 16.2 Å². The molecule has 218 valence electrons. The van der Waals surface area contributed by atoms with E-state index in [1.165, 1.54) is 6.42 Å². The van der Waals surface area contributed by atoms with Crippen molar-refractivity contribution < 1.29 is 24.5 Å². The second kappa shape index (κ2) is 12.5. The topological polar surface area (TPSA) is 126 Å². The Labute approximate surface area is 232 Å². The molecule has 39 heavy (non-hydrogen) atoms. The number of likely N-dealkylation sites (N-methyl/N-ethyl adjacent to an activating group) is 1. The van der Waals surface area contributed by atoms with Gasteiger partial charge in [-0.25, -0.2) is 10.4 Å². The third-order valence-corrected chi connectivity index (χ3v) is 8.65. The first-order valence-corrected chi connectivity index (χ1v) is 14.4. The molecule has 4 rings (SSSR count). The van der Waals surface area contributed by atoms with E-state index < -0.39 is 23.6 Å². The van der Waals surface area contributed by atoms with Gasteiger partial charge in [0.25, 0.3) is 0 Å². The summed E-state index contributed by atoms with van der Waals surface area (Å²) >= 11 is 0. The fourth-order valence-corrected chi connectivity index (χ4v) is 6.55. The van der Waals surface area contributed by atoms with Crippen LogP contribution in [0.5, 0.6) is 5.75 Å². The van der Waals surface area contributed by atoms with Crippen LogP contribution in [0.1, 0.15) is 77.7 Å². The predicted molar refractivity (Wildman–Crippen MR) is 148 cm³/mol. The Kier molecular flexibility index (Phi) is 9.54. The van der Waals surface area contributed by atoms with Crippen LogP contribution in [0.2, 0.25) is 0 Å². The molecule has 1 aromatic carbocycles. The zero-order valence-corrected chi connectivity index (χ0v) is 23.9. The van der Waals surface area contributed by atoms with Gasteiger partial charge in [-0.15, -0.1) is 0 Å². The number of nitrogens with one attached hydrogen (secondary N) is 3. The number of β-amino-alcohol motifs (C(OH)–C–C–N with tert-alkyl or cyclic N) is 1. The van der Waals surface area contributed by atoms with E-state index in [4.69, 9.17) is 4.74 Å². The molecule has 5 N–H and O–H groups in total. The largest absolute Gasteiger partial charge is 0.492 e. The Morgan fingerprint density at radius 3 is 2.36 bits per heavy atom. The zero-order valence-electron chi connectivity index (χ0n) is 23.9. The van der Waals surface area contributed by atoms with Gasteiger partial charge in [-0.3, -0.25) is 9.59 Å². The van der Waals surface area contributed by atoms with Crippen LogP contribution < -0.4 is 21.0 Å². The average Bonchev–Trinajstić information content (AvgIpc) is 3.45. The first-order chi connectivity index (χ1) is 18.6. The summed E-state index contributed by atoms with van der Waals surface area (Å²) in [6.07, 6.45) is 6.95. The number of aliphatic hydroxyl groups is 2. The number of hydrogen-bond donors (Lipinski definition) is 5. The van der Waals surface area contributed by atoms with E-state index in [0.29, 0.717) is 6.61 Å². The van der Waals surface area contributed by atoms with Gasteiger partial charge in [0.05, 0.1) is 24.3 Å². The van der Waals surface area contributed by atoms with Crippen LogP contribution in [0, 0.1) is 5.41 Å². The van der Waals surface area contributed by atoms with Crippen molar-refractivity contribution in [1.29, 1.82) is 0 Å². The van der Waals surface area contributed by atoms with Gasteiger partial charge >= 0.3 is 0 Å². The highest BCUT2D eigenvalue weighted by atomic mass is 16.5. The first kappa shape index (κ1) is 29.7. The molecule has 0 radical (unpaired) electrons. The van der Waals surface area contributed by atoms with Gasteiger partial charge in [0, 0.05) is 20.0 Å². The highest BCUT2D eigenvalue weighted by molar-refractivity contribution is 5.91. The fraction of sp³-hybridized carbons (Fsp3) is 0.724. The average molecular weight is 546 g/mol. The Hall–Kier alpha value is -2.24. The van der Waals surface area contributed by atoms with Crippen molar-refractivity contribution in [3.63, 3.8) is 0 Å². The minimum atomic E-state index is -0.727. The van der Waals surface area contributed by atoms with Gasteiger partial charge in [-0.1, -0.05) is 65.0 Å². The predicted octanol–water partition coefficient (Wildman–Crippen LogP) is 1.86. The van der Waals surface area contributed by atoms with Crippen molar-refractivity contribution >= 4 is 11.8 Å². The number of carbonyl (C=O) groups is 2. The van der Waals surface area contributed by atoms with Crippen molar-refractivity contribution in [2.24, 2.45) is 5.41 Å². The maximum atomic E-state index is 14.4.